The van der Waals surface area contributed by atoms with Gasteiger partial charge in [0.05, 0.1) is 4.90 Å². The molecule has 7 heteroatoms. The third kappa shape index (κ3) is 3.74. The molecule has 0 aliphatic carbocycles. The average molecular weight is 348 g/mol. The fraction of sp³-hybridized carbons (Fsp3) is 0.600. The van der Waals surface area contributed by atoms with E-state index in [-0.39, 0.29) is 23.9 Å². The van der Waals surface area contributed by atoms with E-state index in [0.717, 1.165) is 5.69 Å². The van der Waals surface area contributed by atoms with E-state index >= 15 is 0 Å². The number of anilines is 1. The van der Waals surface area contributed by atoms with E-state index in [1.165, 1.54) is 0 Å². The van der Waals surface area contributed by atoms with Gasteiger partial charge in [-0.05, 0) is 36.1 Å². The molecule has 0 saturated carbocycles. The normalized spacial score (nSPS) is 22.0. The summed E-state index contributed by atoms with van der Waals surface area (Å²) in [6.07, 6.45) is 0.696. The maximum Gasteiger partial charge on any atom is 0.243 e. The van der Waals surface area contributed by atoms with Crippen molar-refractivity contribution in [2.75, 3.05) is 32.1 Å². The smallest absolute Gasteiger partial charge is 0.243 e. The van der Waals surface area contributed by atoms with Gasteiger partial charge in [-0.3, -0.25) is 0 Å². The highest BCUT2D eigenvalue weighted by Crippen LogP contribution is 2.31. The summed E-state index contributed by atoms with van der Waals surface area (Å²) in [5.74, 6) is 0. The lowest BCUT2D eigenvalue weighted by molar-refractivity contribution is 0.155. The van der Waals surface area contributed by atoms with Gasteiger partial charge in [0.15, 0.2) is 0 Å². The molecule has 1 heterocycles. The molecule has 126 valence electrons. The minimum atomic E-state index is -3.44. The van der Waals surface area contributed by atoms with Gasteiger partial charge in [0.2, 0.25) is 10.0 Å². The predicted molar refractivity (Wildman–Crippen MR) is 93.1 cm³/mol. The van der Waals surface area contributed by atoms with Crippen LogP contribution in [0.25, 0.3) is 0 Å². The van der Waals surface area contributed by atoms with Crippen molar-refractivity contribution in [3.8, 4) is 0 Å². The van der Waals surface area contributed by atoms with Crippen LogP contribution >= 0.6 is 12.4 Å². The van der Waals surface area contributed by atoms with Gasteiger partial charge in [-0.2, -0.15) is 4.31 Å². The molecule has 1 atom stereocenters. The molecule has 1 fully saturated rings. The van der Waals surface area contributed by atoms with Crippen LogP contribution in [0.3, 0.4) is 0 Å². The van der Waals surface area contributed by atoms with Crippen molar-refractivity contribution in [3.05, 3.63) is 24.3 Å². The number of piperidine rings is 1. The van der Waals surface area contributed by atoms with Crippen LogP contribution in [-0.2, 0) is 10.0 Å². The van der Waals surface area contributed by atoms with Gasteiger partial charge in [0.1, 0.15) is 0 Å². The Morgan fingerprint density at radius 2 is 1.77 bits per heavy atom. The van der Waals surface area contributed by atoms with E-state index in [4.69, 9.17) is 5.73 Å². The second kappa shape index (κ2) is 6.74. The summed E-state index contributed by atoms with van der Waals surface area (Å²) in [5, 5.41) is 0. The number of hydrogen-bond acceptors (Lipinski definition) is 4. The van der Waals surface area contributed by atoms with Gasteiger partial charge >= 0.3 is 0 Å². The van der Waals surface area contributed by atoms with Crippen LogP contribution in [0, 0.1) is 5.41 Å². The van der Waals surface area contributed by atoms with E-state index in [9.17, 15) is 8.42 Å². The molecule has 1 aromatic carbocycles. The predicted octanol–water partition coefficient (Wildman–Crippen LogP) is 1.92. The SMILES string of the molecule is CN(C)c1ccc(S(=O)(=O)N2CCC(N)C(C)(C)C2)cc1.Cl. The summed E-state index contributed by atoms with van der Waals surface area (Å²) in [6, 6.07) is 7.04. The summed E-state index contributed by atoms with van der Waals surface area (Å²) < 4.78 is 27.0. The zero-order valence-electron chi connectivity index (χ0n) is 13.6. The molecule has 2 rings (SSSR count). The highest BCUT2D eigenvalue weighted by molar-refractivity contribution is 7.89. The molecule has 0 amide bonds. The average Bonchev–Trinajstić information content (AvgIpc) is 2.41. The Bertz CT molecular complexity index is 600. The first-order valence-corrected chi connectivity index (χ1v) is 8.62. The number of halogens is 1. The van der Waals surface area contributed by atoms with Gasteiger partial charge in [0, 0.05) is 38.9 Å². The van der Waals surface area contributed by atoms with Gasteiger partial charge in [-0.1, -0.05) is 13.8 Å². The van der Waals surface area contributed by atoms with Gasteiger partial charge in [-0.25, -0.2) is 8.42 Å². The first kappa shape index (κ1) is 19.2. The van der Waals surface area contributed by atoms with Crippen molar-refractivity contribution in [1.29, 1.82) is 0 Å². The number of nitrogens with zero attached hydrogens (tertiary/aromatic N) is 2. The standard InChI is InChI=1S/C15H25N3O2S.ClH/c1-15(2)11-18(10-9-14(15)16)21(19,20)13-7-5-12(6-8-13)17(3)4;/h5-8,14H,9-11,16H2,1-4H3;1H. The van der Waals surface area contributed by atoms with Crippen LogP contribution in [0.5, 0.6) is 0 Å². The van der Waals surface area contributed by atoms with E-state index in [1.807, 2.05) is 45.0 Å². The van der Waals surface area contributed by atoms with E-state index in [2.05, 4.69) is 0 Å². The monoisotopic (exact) mass is 347 g/mol. The molecule has 1 saturated heterocycles. The Hall–Kier alpha value is -0.820. The van der Waals surface area contributed by atoms with Crippen molar-refractivity contribution >= 4 is 28.1 Å². The zero-order valence-corrected chi connectivity index (χ0v) is 15.2. The van der Waals surface area contributed by atoms with Gasteiger partial charge in [0.25, 0.3) is 0 Å². The summed E-state index contributed by atoms with van der Waals surface area (Å²) >= 11 is 0. The number of benzene rings is 1. The molecule has 1 aliphatic heterocycles. The zero-order chi connectivity index (χ0) is 15.8. The topological polar surface area (TPSA) is 66.6 Å². The summed E-state index contributed by atoms with van der Waals surface area (Å²) in [7, 11) is 0.418. The molecule has 0 bridgehead atoms. The van der Waals surface area contributed by atoms with Crippen molar-refractivity contribution in [2.24, 2.45) is 11.1 Å². The molecule has 1 aromatic rings. The Morgan fingerprint density at radius 3 is 2.23 bits per heavy atom. The molecule has 0 aromatic heterocycles. The van der Waals surface area contributed by atoms with Crippen LogP contribution in [0.4, 0.5) is 5.69 Å². The fourth-order valence-electron chi connectivity index (χ4n) is 2.60. The number of hydrogen-bond donors (Lipinski definition) is 1. The second-order valence-electron chi connectivity index (χ2n) is 6.61. The Balaban J connectivity index is 0.00000242. The van der Waals surface area contributed by atoms with Crippen LogP contribution in [0.1, 0.15) is 20.3 Å². The fourth-order valence-corrected chi connectivity index (χ4v) is 4.22. The molecule has 0 radical (unpaired) electrons. The van der Waals surface area contributed by atoms with Crippen molar-refractivity contribution in [1.82, 2.24) is 4.31 Å². The summed E-state index contributed by atoms with van der Waals surface area (Å²) in [5.41, 5.74) is 6.86. The largest absolute Gasteiger partial charge is 0.378 e. The summed E-state index contributed by atoms with van der Waals surface area (Å²) in [6.45, 7) is 5.00. The minimum absolute atomic E-state index is 0. The molecule has 1 unspecified atom stereocenters. The summed E-state index contributed by atoms with van der Waals surface area (Å²) in [4.78, 5) is 2.29. The molecular weight excluding hydrogens is 322 g/mol. The molecule has 1 aliphatic rings. The van der Waals surface area contributed by atoms with Crippen molar-refractivity contribution in [3.63, 3.8) is 0 Å². The van der Waals surface area contributed by atoms with Crippen LogP contribution < -0.4 is 10.6 Å². The molecule has 5 nitrogen and oxygen atoms in total. The Labute approximate surface area is 139 Å². The third-order valence-corrected chi connectivity index (χ3v) is 6.13. The first-order chi connectivity index (χ1) is 9.64. The number of sulfonamides is 1. The number of rotatable bonds is 3. The lowest BCUT2D eigenvalue weighted by atomic mass is 9.81. The Kier molecular flexibility index (Phi) is 5.89. The molecule has 22 heavy (non-hydrogen) atoms. The maximum absolute atomic E-state index is 12.7. The maximum atomic E-state index is 12.7. The lowest BCUT2D eigenvalue weighted by Crippen LogP contribution is -2.53. The van der Waals surface area contributed by atoms with E-state index < -0.39 is 10.0 Å². The van der Waals surface area contributed by atoms with Crippen molar-refractivity contribution in [2.45, 2.75) is 31.2 Å². The quantitative estimate of drug-likeness (QED) is 0.907. The number of nitrogens with two attached hydrogens (primary N) is 1. The van der Waals surface area contributed by atoms with Gasteiger partial charge in [-0.15, -0.1) is 12.4 Å². The lowest BCUT2D eigenvalue weighted by Gasteiger charge is -2.41. The molecule has 0 spiro atoms. The van der Waals surface area contributed by atoms with E-state index in [1.54, 1.807) is 16.4 Å². The molecule has 2 N–H and O–H groups in total. The van der Waals surface area contributed by atoms with E-state index in [0.29, 0.717) is 24.4 Å². The highest BCUT2D eigenvalue weighted by atomic mass is 35.5. The van der Waals surface area contributed by atoms with Crippen LogP contribution in [-0.4, -0.2) is 45.9 Å². The highest BCUT2D eigenvalue weighted by Gasteiger charge is 2.38. The Morgan fingerprint density at radius 1 is 1.23 bits per heavy atom. The van der Waals surface area contributed by atoms with Crippen LogP contribution in [0.2, 0.25) is 0 Å². The third-order valence-electron chi connectivity index (χ3n) is 4.27. The van der Waals surface area contributed by atoms with Gasteiger partial charge < -0.3 is 10.6 Å². The second-order valence-corrected chi connectivity index (χ2v) is 8.55. The first-order valence-electron chi connectivity index (χ1n) is 7.18. The minimum Gasteiger partial charge on any atom is -0.378 e. The van der Waals surface area contributed by atoms with Crippen LogP contribution in [0.15, 0.2) is 29.2 Å². The molecular formula is C15H26ClN3O2S. The van der Waals surface area contributed by atoms with Crippen molar-refractivity contribution < 1.29 is 8.42 Å².